The lowest BCUT2D eigenvalue weighted by Gasteiger charge is -2.36. The Labute approximate surface area is 151 Å². The summed E-state index contributed by atoms with van der Waals surface area (Å²) in [4.78, 5) is 4.69. The standard InChI is InChI=1S/C19H23BrN2O2/c20-16-6-8-19(9-7-16)24-15-18(23)14-21-10-12-22(13-11-21)17-4-2-1-3-5-17/h1-9,18,23H,10-15H2/t18-/m0/s1. The molecule has 1 aliphatic rings. The van der Waals surface area contributed by atoms with Crippen LogP contribution in [-0.4, -0.2) is 55.4 Å². The van der Waals surface area contributed by atoms with Gasteiger partial charge < -0.3 is 14.7 Å². The Morgan fingerprint density at radius 3 is 2.29 bits per heavy atom. The first-order chi connectivity index (χ1) is 11.7. The van der Waals surface area contributed by atoms with Gasteiger partial charge in [-0.3, -0.25) is 4.90 Å². The average molecular weight is 391 g/mol. The van der Waals surface area contributed by atoms with E-state index in [1.165, 1.54) is 5.69 Å². The van der Waals surface area contributed by atoms with Crippen LogP contribution in [0, 0.1) is 0 Å². The topological polar surface area (TPSA) is 35.9 Å². The minimum Gasteiger partial charge on any atom is -0.491 e. The number of β-amino-alcohol motifs (C(OH)–C–C–N with tert-alkyl or cyclic N) is 1. The molecule has 0 radical (unpaired) electrons. The predicted molar refractivity (Wildman–Crippen MR) is 101 cm³/mol. The van der Waals surface area contributed by atoms with Gasteiger partial charge in [0.1, 0.15) is 18.5 Å². The van der Waals surface area contributed by atoms with Gasteiger partial charge in [-0.2, -0.15) is 0 Å². The van der Waals surface area contributed by atoms with Crippen molar-refractivity contribution in [2.75, 3.05) is 44.2 Å². The van der Waals surface area contributed by atoms with Gasteiger partial charge in [0.2, 0.25) is 0 Å². The van der Waals surface area contributed by atoms with Crippen LogP contribution in [0.25, 0.3) is 0 Å². The van der Waals surface area contributed by atoms with Crippen LogP contribution in [0.3, 0.4) is 0 Å². The van der Waals surface area contributed by atoms with Gasteiger partial charge in [-0.05, 0) is 36.4 Å². The molecule has 0 saturated carbocycles. The highest BCUT2D eigenvalue weighted by Gasteiger charge is 2.19. The van der Waals surface area contributed by atoms with Crippen LogP contribution in [0.4, 0.5) is 5.69 Å². The number of anilines is 1. The minimum absolute atomic E-state index is 0.320. The SMILES string of the molecule is O[C@H](COc1ccc(Br)cc1)CN1CCN(c2ccccc2)CC1. The predicted octanol–water partition coefficient (Wildman–Crippen LogP) is 3.01. The quantitative estimate of drug-likeness (QED) is 0.822. The van der Waals surface area contributed by atoms with Crippen LogP contribution in [-0.2, 0) is 0 Å². The van der Waals surface area contributed by atoms with E-state index in [0.717, 1.165) is 36.4 Å². The minimum atomic E-state index is -0.475. The second-order valence-electron chi connectivity index (χ2n) is 6.04. The van der Waals surface area contributed by atoms with Crippen molar-refractivity contribution in [1.82, 2.24) is 4.90 Å². The molecule has 5 heteroatoms. The molecule has 2 aromatic carbocycles. The van der Waals surface area contributed by atoms with E-state index >= 15 is 0 Å². The lowest BCUT2D eigenvalue weighted by molar-refractivity contribution is 0.0663. The Morgan fingerprint density at radius 2 is 1.62 bits per heavy atom. The summed E-state index contributed by atoms with van der Waals surface area (Å²) in [5.74, 6) is 0.783. The molecule has 4 nitrogen and oxygen atoms in total. The van der Waals surface area contributed by atoms with Crippen molar-refractivity contribution < 1.29 is 9.84 Å². The molecular formula is C19H23BrN2O2. The van der Waals surface area contributed by atoms with E-state index in [2.05, 4.69) is 50.0 Å². The van der Waals surface area contributed by atoms with Crippen LogP contribution in [0.1, 0.15) is 0 Å². The molecule has 0 bridgehead atoms. The van der Waals surface area contributed by atoms with Crippen molar-refractivity contribution in [2.24, 2.45) is 0 Å². The van der Waals surface area contributed by atoms with E-state index in [1.807, 2.05) is 30.3 Å². The Hall–Kier alpha value is -1.56. The molecule has 0 spiro atoms. The zero-order chi connectivity index (χ0) is 16.8. The maximum Gasteiger partial charge on any atom is 0.119 e. The third-order valence-electron chi connectivity index (χ3n) is 4.22. The largest absolute Gasteiger partial charge is 0.491 e. The van der Waals surface area contributed by atoms with Gasteiger partial charge in [-0.25, -0.2) is 0 Å². The first-order valence-electron chi connectivity index (χ1n) is 8.29. The van der Waals surface area contributed by atoms with Gasteiger partial charge in [0, 0.05) is 42.9 Å². The Bertz CT molecular complexity index is 613. The molecule has 0 aliphatic carbocycles. The molecule has 128 valence electrons. The summed E-state index contributed by atoms with van der Waals surface area (Å²) in [6.07, 6.45) is -0.475. The lowest BCUT2D eigenvalue weighted by atomic mass is 10.2. The molecule has 1 atom stereocenters. The van der Waals surface area contributed by atoms with Gasteiger partial charge in [0.15, 0.2) is 0 Å². The Kier molecular flexibility index (Phi) is 6.12. The Morgan fingerprint density at radius 1 is 0.958 bits per heavy atom. The molecule has 1 aliphatic heterocycles. The second kappa shape index (κ2) is 8.51. The molecule has 0 unspecified atom stereocenters. The molecular weight excluding hydrogens is 368 g/mol. The van der Waals surface area contributed by atoms with E-state index in [1.54, 1.807) is 0 Å². The fourth-order valence-electron chi connectivity index (χ4n) is 2.90. The van der Waals surface area contributed by atoms with Crippen LogP contribution in [0.5, 0.6) is 5.75 Å². The number of piperazine rings is 1. The monoisotopic (exact) mass is 390 g/mol. The molecule has 1 fully saturated rings. The van der Waals surface area contributed by atoms with Crippen molar-refractivity contribution in [3.63, 3.8) is 0 Å². The van der Waals surface area contributed by atoms with Crippen LogP contribution < -0.4 is 9.64 Å². The summed E-state index contributed by atoms with van der Waals surface area (Å²) in [5.41, 5.74) is 1.27. The van der Waals surface area contributed by atoms with Crippen molar-refractivity contribution in [1.29, 1.82) is 0 Å². The number of hydrogen-bond donors (Lipinski definition) is 1. The first kappa shape index (κ1) is 17.3. The number of hydrogen-bond acceptors (Lipinski definition) is 4. The highest BCUT2D eigenvalue weighted by atomic mass is 79.9. The second-order valence-corrected chi connectivity index (χ2v) is 6.96. The number of benzene rings is 2. The van der Waals surface area contributed by atoms with E-state index in [0.29, 0.717) is 13.2 Å². The highest BCUT2D eigenvalue weighted by molar-refractivity contribution is 9.10. The molecule has 1 N–H and O–H groups in total. The summed E-state index contributed by atoms with van der Waals surface area (Å²) in [6.45, 7) is 4.88. The number of ether oxygens (including phenoxy) is 1. The summed E-state index contributed by atoms with van der Waals surface area (Å²) in [7, 11) is 0. The highest BCUT2D eigenvalue weighted by Crippen LogP contribution is 2.17. The number of halogens is 1. The van der Waals surface area contributed by atoms with Crippen LogP contribution in [0.2, 0.25) is 0 Å². The van der Waals surface area contributed by atoms with Gasteiger partial charge in [-0.15, -0.1) is 0 Å². The summed E-state index contributed by atoms with van der Waals surface area (Å²) in [5, 5.41) is 10.2. The zero-order valence-electron chi connectivity index (χ0n) is 13.6. The number of para-hydroxylation sites is 1. The molecule has 24 heavy (non-hydrogen) atoms. The van der Waals surface area contributed by atoms with Crippen molar-refractivity contribution in [3.8, 4) is 5.75 Å². The van der Waals surface area contributed by atoms with Crippen molar-refractivity contribution in [2.45, 2.75) is 6.10 Å². The maximum atomic E-state index is 10.2. The van der Waals surface area contributed by atoms with Gasteiger partial charge >= 0.3 is 0 Å². The fourth-order valence-corrected chi connectivity index (χ4v) is 3.17. The molecule has 1 heterocycles. The summed E-state index contributed by atoms with van der Waals surface area (Å²) in [6, 6.07) is 18.2. The number of aliphatic hydroxyl groups excluding tert-OH is 1. The van der Waals surface area contributed by atoms with E-state index in [4.69, 9.17) is 4.74 Å². The summed E-state index contributed by atoms with van der Waals surface area (Å²) < 4.78 is 6.67. The average Bonchev–Trinajstić information content (AvgIpc) is 2.63. The maximum absolute atomic E-state index is 10.2. The fraction of sp³-hybridized carbons (Fsp3) is 0.368. The Balaban J connectivity index is 1.40. The van der Waals surface area contributed by atoms with E-state index in [-0.39, 0.29) is 0 Å². The lowest BCUT2D eigenvalue weighted by Crippen LogP contribution is -2.49. The van der Waals surface area contributed by atoms with Crippen molar-refractivity contribution >= 4 is 21.6 Å². The normalized spacial score (nSPS) is 16.8. The molecule has 0 amide bonds. The van der Waals surface area contributed by atoms with Gasteiger partial charge in [0.05, 0.1) is 0 Å². The van der Waals surface area contributed by atoms with Crippen LogP contribution in [0.15, 0.2) is 59.1 Å². The smallest absolute Gasteiger partial charge is 0.119 e. The molecule has 1 saturated heterocycles. The number of nitrogens with zero attached hydrogens (tertiary/aromatic N) is 2. The van der Waals surface area contributed by atoms with Gasteiger partial charge in [0.25, 0.3) is 0 Å². The number of aliphatic hydroxyl groups is 1. The third kappa shape index (κ3) is 4.97. The zero-order valence-corrected chi connectivity index (χ0v) is 15.2. The van der Waals surface area contributed by atoms with E-state index < -0.39 is 6.10 Å². The number of rotatable bonds is 6. The van der Waals surface area contributed by atoms with Crippen LogP contribution >= 0.6 is 15.9 Å². The molecule has 0 aromatic heterocycles. The first-order valence-corrected chi connectivity index (χ1v) is 9.09. The summed E-state index contributed by atoms with van der Waals surface area (Å²) >= 11 is 3.40. The molecule has 3 rings (SSSR count). The molecule has 2 aromatic rings. The van der Waals surface area contributed by atoms with Gasteiger partial charge in [-0.1, -0.05) is 34.1 Å². The van der Waals surface area contributed by atoms with E-state index in [9.17, 15) is 5.11 Å². The third-order valence-corrected chi connectivity index (χ3v) is 4.75. The van der Waals surface area contributed by atoms with Crippen molar-refractivity contribution in [3.05, 3.63) is 59.1 Å².